The summed E-state index contributed by atoms with van der Waals surface area (Å²) in [5.74, 6) is 0. The van der Waals surface area contributed by atoms with Crippen molar-refractivity contribution >= 4 is 153 Å². The number of hydrogen-bond donors (Lipinski definition) is 0. The van der Waals surface area contributed by atoms with E-state index < -0.39 is 89.5 Å². The molecule has 0 nitrogen and oxygen atoms in total. The monoisotopic (exact) mass is 1160 g/mol. The number of rotatable bonds is 0. The molecule has 0 radical (unpaired) electrons. The first-order chi connectivity index (χ1) is 11.0. The van der Waals surface area contributed by atoms with Gasteiger partial charge in [-0.3, -0.25) is 0 Å². The van der Waals surface area contributed by atoms with E-state index >= 15 is 0 Å². The fourth-order valence-corrected chi connectivity index (χ4v) is 1410. The average molecular weight is 1150 g/mol. The first-order valence-electron chi connectivity index (χ1n) is 8.27. The topological polar surface area (TPSA) is 0 Å². The van der Waals surface area contributed by atoms with Gasteiger partial charge in [0.1, 0.15) is 0 Å². The van der Waals surface area contributed by atoms with Crippen molar-refractivity contribution in [2.24, 2.45) is 0 Å². The van der Waals surface area contributed by atoms with Gasteiger partial charge in [-0.05, 0) is 0 Å². The Morgan fingerprint density at radius 3 is 0.840 bits per heavy atom. The van der Waals surface area contributed by atoms with Crippen LogP contribution in [0.2, 0.25) is 44.5 Å². The Morgan fingerprint density at radius 2 is 0.640 bits per heavy atom. The second-order valence-electron chi connectivity index (χ2n) is 8.04. The standard InChI is InChI=1S/CH4S3.9CH3.6S.6Sn/c2-1(3)4;;;;;;;;;;;;;;;;;;;;;/h1-4H;9*1H3;;;;;;;;;;;;/q;;;;;;;;;;;;;;;;;;;3*+1/p-3. The fraction of sp³-hybridized carbons (Fsp3) is 1.00. The molecule has 5 aliphatic heterocycles. The minimum atomic E-state index is -1.62. The molecule has 5 aliphatic rings. The van der Waals surface area contributed by atoms with Crippen LogP contribution in [-0.4, -0.2) is 93.4 Å². The van der Waals surface area contributed by atoms with Crippen LogP contribution in [0.5, 0.6) is 0 Å². The van der Waals surface area contributed by atoms with Crippen molar-refractivity contribution in [3.63, 3.8) is 0 Å². The Kier molecular flexibility index (Phi) is 10.8. The van der Waals surface area contributed by atoms with E-state index in [0.29, 0.717) is 0 Å². The maximum absolute atomic E-state index is 2.71. The molecule has 0 aromatic heterocycles. The molecular weight excluding hydrogens is 1120 g/mol. The van der Waals surface area contributed by atoms with Gasteiger partial charge in [0.15, 0.2) is 0 Å². The molecule has 0 atom stereocenters. The molecule has 0 unspecified atom stereocenters. The van der Waals surface area contributed by atoms with Gasteiger partial charge in [0, 0.05) is 0 Å². The predicted octanol–water partition coefficient (Wildman–Crippen LogP) is 8.72. The van der Waals surface area contributed by atoms with Crippen molar-refractivity contribution in [2.75, 3.05) is 0 Å². The molecule has 4 bridgehead atoms. The second kappa shape index (κ2) is 9.77. The molecular formula is C10H28S9Sn6. The first kappa shape index (κ1) is 27.5. The molecule has 0 N–H and O–H groups in total. The van der Waals surface area contributed by atoms with Gasteiger partial charge in [0.05, 0.1) is 0 Å². The molecule has 5 heterocycles. The Labute approximate surface area is 195 Å². The molecule has 25 heavy (non-hydrogen) atoms. The van der Waals surface area contributed by atoms with Gasteiger partial charge in [0.25, 0.3) is 0 Å². The Morgan fingerprint density at radius 1 is 0.400 bits per heavy atom. The first-order valence-corrected chi connectivity index (χ1v) is 93.9. The van der Waals surface area contributed by atoms with Crippen molar-refractivity contribution < 1.29 is 0 Å². The van der Waals surface area contributed by atoms with Crippen molar-refractivity contribution in [3.05, 3.63) is 0 Å². The molecule has 0 saturated carbocycles. The van der Waals surface area contributed by atoms with Gasteiger partial charge in [-0.25, -0.2) is 0 Å². The summed E-state index contributed by atoms with van der Waals surface area (Å²) in [6, 6.07) is 0. The molecule has 0 aromatic carbocycles. The molecule has 5 fully saturated rings. The Balaban J connectivity index is 0.000000147. The van der Waals surface area contributed by atoms with Gasteiger partial charge in [-0.1, -0.05) is 0 Å². The van der Waals surface area contributed by atoms with E-state index in [1.54, 1.807) is 0 Å². The quantitative estimate of drug-likeness (QED) is 0.217. The molecule has 0 spiro atoms. The van der Waals surface area contributed by atoms with E-state index in [1.165, 1.54) is 0 Å². The summed E-state index contributed by atoms with van der Waals surface area (Å²) in [7, 11) is 7.38. The predicted molar refractivity (Wildman–Crippen MR) is 159 cm³/mol. The van der Waals surface area contributed by atoms with Gasteiger partial charge in [0.2, 0.25) is 0 Å². The van der Waals surface area contributed by atoms with Crippen LogP contribution in [0.15, 0.2) is 0 Å². The molecule has 0 aromatic rings. The van der Waals surface area contributed by atoms with E-state index in [-0.39, 0.29) is 0 Å². The third-order valence-corrected chi connectivity index (χ3v) is 594. The molecule has 5 rings (SSSR count). The summed E-state index contributed by atoms with van der Waals surface area (Å²) >= 11 is -9.62. The van der Waals surface area contributed by atoms with Crippen molar-refractivity contribution in [1.82, 2.24) is 0 Å². The van der Waals surface area contributed by atoms with Crippen LogP contribution in [0.1, 0.15) is 0 Å². The molecule has 0 amide bonds. The molecule has 0 aliphatic carbocycles. The summed E-state index contributed by atoms with van der Waals surface area (Å²) in [4.78, 5) is 24.0. The van der Waals surface area contributed by atoms with Crippen LogP contribution in [0, 0.1) is 0 Å². The van der Waals surface area contributed by atoms with Crippen molar-refractivity contribution in [3.8, 4) is 0 Å². The SMILES string of the molecule is [CH3][Sn]1([CH3])[S][Sn]([CH3])([CH3])[S][Sn]([CH3])([CH3])[S]1.[CH3][Sn]12[S]C3[S][Sn]([CH3])([S]1)[S][Sn]([CH3])([S]3)[S]2. The van der Waals surface area contributed by atoms with Crippen LogP contribution in [0.3, 0.4) is 0 Å². The third kappa shape index (κ3) is 8.24. The summed E-state index contributed by atoms with van der Waals surface area (Å²) in [6.45, 7) is 0. The Hall–Kier alpha value is 7.94. The second-order valence-corrected chi connectivity index (χ2v) is 249. The zero-order valence-corrected chi connectivity index (χ0v) is 40.7. The molecule has 5 saturated heterocycles. The van der Waals surface area contributed by atoms with Crippen LogP contribution in [-0.2, 0) is 0 Å². The zero-order chi connectivity index (χ0) is 18.9. The number of hydrogen-bond acceptors (Lipinski definition) is 9. The van der Waals surface area contributed by atoms with Crippen LogP contribution < -0.4 is 0 Å². The van der Waals surface area contributed by atoms with E-state index in [9.17, 15) is 0 Å². The van der Waals surface area contributed by atoms with E-state index in [0.717, 1.165) is 3.91 Å². The molecule has 15 heteroatoms. The summed E-state index contributed by atoms with van der Waals surface area (Å²) in [5, 5.41) is 0. The van der Waals surface area contributed by atoms with Gasteiger partial charge in [-0.15, -0.1) is 0 Å². The van der Waals surface area contributed by atoms with Crippen LogP contribution in [0.25, 0.3) is 0 Å². The third-order valence-electron chi connectivity index (χ3n) is 3.52. The van der Waals surface area contributed by atoms with E-state index in [4.69, 9.17) is 0 Å². The van der Waals surface area contributed by atoms with Gasteiger partial charge >= 0.3 is 202 Å². The fourth-order valence-electron chi connectivity index (χ4n) is 3.65. The van der Waals surface area contributed by atoms with Crippen molar-refractivity contribution in [2.45, 2.75) is 48.4 Å². The summed E-state index contributed by atoms with van der Waals surface area (Å²) in [5.41, 5.74) is 0. The van der Waals surface area contributed by atoms with Crippen molar-refractivity contribution in [1.29, 1.82) is 0 Å². The normalized spacial score (nSPS) is 48.6. The minimum absolute atomic E-state index is 1.05. The average Bonchev–Trinajstić information content (AvgIpc) is 2.13. The summed E-state index contributed by atoms with van der Waals surface area (Å²) < 4.78 is 1.05. The Bertz CT molecular complexity index is 463. The summed E-state index contributed by atoms with van der Waals surface area (Å²) in [6.07, 6.45) is 15.5. The van der Waals surface area contributed by atoms with Crippen LogP contribution >= 0.6 is 63.6 Å². The zero-order valence-electron chi connectivity index (χ0n) is 16.3. The van der Waals surface area contributed by atoms with Gasteiger partial charge in [-0.2, -0.15) is 0 Å². The maximum atomic E-state index is 2.71. The van der Waals surface area contributed by atoms with Crippen LogP contribution in [0.4, 0.5) is 0 Å². The van der Waals surface area contributed by atoms with E-state index in [1.807, 2.05) is 0 Å². The van der Waals surface area contributed by atoms with Gasteiger partial charge < -0.3 is 0 Å². The van der Waals surface area contributed by atoms with E-state index in [2.05, 4.69) is 108 Å². The molecule has 146 valence electrons.